The molecule has 0 radical (unpaired) electrons. The highest BCUT2D eigenvalue weighted by molar-refractivity contribution is 7.17. The van der Waals surface area contributed by atoms with Crippen molar-refractivity contribution in [3.63, 3.8) is 0 Å². The predicted molar refractivity (Wildman–Crippen MR) is 162 cm³/mol. The summed E-state index contributed by atoms with van der Waals surface area (Å²) in [6.07, 6.45) is 3.09. The molecule has 0 bridgehead atoms. The minimum absolute atomic E-state index is 0.216. The number of thiophene rings is 1. The van der Waals surface area contributed by atoms with E-state index in [0.717, 1.165) is 27.1 Å². The molecule has 4 rings (SSSR count). The number of halogens is 1. The van der Waals surface area contributed by atoms with E-state index in [4.69, 9.17) is 25.8 Å². The maximum absolute atomic E-state index is 12.9. The zero-order valence-electron chi connectivity index (χ0n) is 22.7. The Labute approximate surface area is 243 Å². The molecular formula is C32H30ClNO5S. The molecule has 1 N–H and O–H groups in total. The first-order valence-corrected chi connectivity index (χ1v) is 13.9. The molecule has 0 atom stereocenters. The van der Waals surface area contributed by atoms with E-state index in [1.54, 1.807) is 38.3 Å². The van der Waals surface area contributed by atoms with Crippen LogP contribution in [0.2, 0.25) is 5.02 Å². The van der Waals surface area contributed by atoms with Crippen LogP contribution in [-0.2, 0) is 16.1 Å². The fraction of sp³-hybridized carbons (Fsp3) is 0.188. The van der Waals surface area contributed by atoms with Crippen LogP contribution in [0.25, 0.3) is 17.2 Å². The SMILES string of the molecule is CCOC(=O)c1c(NC(=O)C=Cc2ccc(OCc3ccccc3C)c(OC)c2)sc(C)c1-c1ccc(Cl)cc1. The van der Waals surface area contributed by atoms with Gasteiger partial charge in [-0.1, -0.05) is 54.1 Å². The Morgan fingerprint density at radius 1 is 1.00 bits per heavy atom. The standard InChI is InChI=1S/C32H30ClNO5S/c1-5-38-32(36)30-29(23-12-14-25(33)15-13-23)21(3)40-31(30)34-28(35)17-11-22-10-16-26(27(18-22)37-4)39-19-24-9-7-6-8-20(24)2/h6-18H,5,19H2,1-4H3,(H,34,35). The van der Waals surface area contributed by atoms with Crippen LogP contribution in [0.4, 0.5) is 5.00 Å². The van der Waals surface area contributed by atoms with Gasteiger partial charge in [0.05, 0.1) is 13.7 Å². The van der Waals surface area contributed by atoms with Crippen molar-refractivity contribution in [3.05, 3.63) is 105 Å². The highest BCUT2D eigenvalue weighted by atomic mass is 35.5. The van der Waals surface area contributed by atoms with Crippen LogP contribution in [0, 0.1) is 13.8 Å². The van der Waals surface area contributed by atoms with Crippen molar-refractivity contribution in [1.82, 2.24) is 0 Å². The number of amides is 1. The number of hydrogen-bond acceptors (Lipinski definition) is 6. The second kappa shape index (κ2) is 13.3. The average Bonchev–Trinajstić information content (AvgIpc) is 3.27. The Hall–Kier alpha value is -4.07. The number of rotatable bonds is 10. The van der Waals surface area contributed by atoms with E-state index in [2.05, 4.69) is 5.32 Å². The highest BCUT2D eigenvalue weighted by Crippen LogP contribution is 2.40. The van der Waals surface area contributed by atoms with Crippen LogP contribution in [0.3, 0.4) is 0 Å². The molecule has 0 spiro atoms. The summed E-state index contributed by atoms with van der Waals surface area (Å²) in [5.74, 6) is 0.285. The van der Waals surface area contributed by atoms with Gasteiger partial charge in [0.2, 0.25) is 5.91 Å². The predicted octanol–water partition coefficient (Wildman–Crippen LogP) is 8.10. The van der Waals surface area contributed by atoms with Gasteiger partial charge in [0.15, 0.2) is 11.5 Å². The van der Waals surface area contributed by atoms with E-state index in [-0.39, 0.29) is 12.5 Å². The van der Waals surface area contributed by atoms with Gasteiger partial charge in [-0.3, -0.25) is 4.79 Å². The summed E-state index contributed by atoms with van der Waals surface area (Å²) in [7, 11) is 1.57. The lowest BCUT2D eigenvalue weighted by Crippen LogP contribution is -2.12. The van der Waals surface area contributed by atoms with E-state index in [1.165, 1.54) is 17.4 Å². The van der Waals surface area contributed by atoms with Crippen LogP contribution in [-0.4, -0.2) is 25.6 Å². The summed E-state index contributed by atoms with van der Waals surface area (Å²) in [6, 6.07) is 20.7. The fourth-order valence-corrected chi connectivity index (χ4v) is 5.35. The molecular weight excluding hydrogens is 546 g/mol. The molecule has 0 unspecified atom stereocenters. The number of aryl methyl sites for hydroxylation is 2. The quantitative estimate of drug-likeness (QED) is 0.153. The lowest BCUT2D eigenvalue weighted by atomic mass is 10.0. The normalized spacial score (nSPS) is 10.9. The summed E-state index contributed by atoms with van der Waals surface area (Å²) in [5.41, 5.74) is 4.85. The molecule has 0 saturated heterocycles. The van der Waals surface area contributed by atoms with E-state index in [1.807, 2.05) is 62.4 Å². The third-order valence-corrected chi connectivity index (χ3v) is 7.47. The Bertz CT molecular complexity index is 1540. The van der Waals surface area contributed by atoms with Crippen LogP contribution >= 0.6 is 22.9 Å². The van der Waals surface area contributed by atoms with Crippen molar-refractivity contribution in [2.45, 2.75) is 27.4 Å². The number of benzene rings is 3. The smallest absolute Gasteiger partial charge is 0.341 e. The molecule has 1 heterocycles. The molecule has 8 heteroatoms. The monoisotopic (exact) mass is 575 g/mol. The van der Waals surface area contributed by atoms with E-state index in [9.17, 15) is 9.59 Å². The third-order valence-electron chi connectivity index (χ3n) is 6.19. The van der Waals surface area contributed by atoms with Gasteiger partial charge in [0.1, 0.15) is 17.2 Å². The minimum atomic E-state index is -0.498. The van der Waals surface area contributed by atoms with Crippen LogP contribution in [0.15, 0.2) is 72.8 Å². The fourth-order valence-electron chi connectivity index (χ4n) is 4.16. The molecule has 0 aliphatic rings. The van der Waals surface area contributed by atoms with Gasteiger partial charge in [-0.25, -0.2) is 4.79 Å². The van der Waals surface area contributed by atoms with Crippen molar-refractivity contribution in [1.29, 1.82) is 0 Å². The van der Waals surface area contributed by atoms with Gasteiger partial charge in [-0.2, -0.15) is 0 Å². The Morgan fingerprint density at radius 2 is 1.75 bits per heavy atom. The second-order valence-electron chi connectivity index (χ2n) is 8.91. The molecule has 3 aromatic carbocycles. The first-order valence-electron chi connectivity index (χ1n) is 12.7. The lowest BCUT2D eigenvalue weighted by molar-refractivity contribution is -0.111. The third kappa shape index (κ3) is 6.92. The second-order valence-corrected chi connectivity index (χ2v) is 10.6. The van der Waals surface area contributed by atoms with E-state index in [0.29, 0.717) is 39.3 Å². The van der Waals surface area contributed by atoms with Crippen LogP contribution in [0.5, 0.6) is 11.5 Å². The number of hydrogen-bond donors (Lipinski definition) is 1. The number of anilines is 1. The summed E-state index contributed by atoms with van der Waals surface area (Å²) < 4.78 is 16.8. The Kier molecular flexibility index (Phi) is 9.64. The maximum atomic E-state index is 12.9. The molecule has 4 aromatic rings. The minimum Gasteiger partial charge on any atom is -0.493 e. The summed E-state index contributed by atoms with van der Waals surface area (Å²) in [6.45, 7) is 6.32. The lowest BCUT2D eigenvalue weighted by Gasteiger charge is -2.12. The zero-order valence-corrected chi connectivity index (χ0v) is 24.3. The number of methoxy groups -OCH3 is 1. The zero-order chi connectivity index (χ0) is 28.6. The Morgan fingerprint density at radius 3 is 2.45 bits per heavy atom. The molecule has 1 aromatic heterocycles. The Balaban J connectivity index is 1.52. The van der Waals surface area contributed by atoms with Gasteiger partial charge >= 0.3 is 5.97 Å². The van der Waals surface area contributed by atoms with Crippen molar-refractivity contribution >= 4 is 45.9 Å². The highest BCUT2D eigenvalue weighted by Gasteiger charge is 2.25. The molecule has 0 aliphatic carbocycles. The molecule has 0 fully saturated rings. The van der Waals surface area contributed by atoms with Gasteiger partial charge in [0, 0.05) is 21.5 Å². The first-order chi connectivity index (χ1) is 19.3. The first kappa shape index (κ1) is 28.9. The summed E-state index contributed by atoms with van der Waals surface area (Å²) in [4.78, 5) is 26.7. The molecule has 0 aliphatic heterocycles. The van der Waals surface area contributed by atoms with Gasteiger partial charge in [-0.15, -0.1) is 11.3 Å². The largest absolute Gasteiger partial charge is 0.493 e. The maximum Gasteiger partial charge on any atom is 0.341 e. The van der Waals surface area contributed by atoms with Crippen molar-refractivity contribution < 1.29 is 23.8 Å². The molecule has 6 nitrogen and oxygen atoms in total. The molecule has 0 saturated carbocycles. The molecule has 206 valence electrons. The van der Waals surface area contributed by atoms with Crippen molar-refractivity contribution in [2.75, 3.05) is 19.0 Å². The summed E-state index contributed by atoms with van der Waals surface area (Å²) in [5, 5.41) is 3.87. The van der Waals surface area contributed by atoms with Crippen LogP contribution < -0.4 is 14.8 Å². The van der Waals surface area contributed by atoms with E-state index < -0.39 is 5.97 Å². The number of carbonyl (C=O) groups excluding carboxylic acids is 2. The van der Waals surface area contributed by atoms with Gasteiger partial charge in [0.25, 0.3) is 0 Å². The number of ether oxygens (including phenoxy) is 3. The number of carbonyl (C=O) groups is 2. The van der Waals surface area contributed by atoms with Crippen molar-refractivity contribution in [2.24, 2.45) is 0 Å². The van der Waals surface area contributed by atoms with Crippen LogP contribution in [0.1, 0.15) is 38.8 Å². The van der Waals surface area contributed by atoms with Gasteiger partial charge < -0.3 is 19.5 Å². The topological polar surface area (TPSA) is 73.9 Å². The van der Waals surface area contributed by atoms with Gasteiger partial charge in [-0.05, 0) is 73.4 Å². The average molecular weight is 576 g/mol. The molecule has 1 amide bonds. The number of esters is 1. The summed E-state index contributed by atoms with van der Waals surface area (Å²) >= 11 is 7.38. The van der Waals surface area contributed by atoms with Crippen molar-refractivity contribution in [3.8, 4) is 22.6 Å². The molecule has 40 heavy (non-hydrogen) atoms. The van der Waals surface area contributed by atoms with E-state index >= 15 is 0 Å². The number of nitrogens with one attached hydrogen (secondary N) is 1.